The van der Waals surface area contributed by atoms with E-state index >= 15 is 0 Å². The molecule has 0 saturated carbocycles. The molecule has 112 valence electrons. The highest BCUT2D eigenvalue weighted by Crippen LogP contribution is 2.23. The van der Waals surface area contributed by atoms with E-state index in [-0.39, 0.29) is 0 Å². The molecule has 7 heteroatoms. The normalized spacial score (nSPS) is 12.3. The van der Waals surface area contributed by atoms with Gasteiger partial charge in [-0.1, -0.05) is 17.7 Å². The lowest BCUT2D eigenvalue weighted by Crippen LogP contribution is -2.30. The molecule has 1 heterocycles. The quantitative estimate of drug-likeness (QED) is 0.760. The maximum atomic E-state index is 10.6. The Labute approximate surface area is 131 Å². The predicted octanol–water partition coefficient (Wildman–Crippen LogP) is 3.03. The summed E-state index contributed by atoms with van der Waals surface area (Å²) in [5, 5.41) is 9.31. The van der Waals surface area contributed by atoms with Crippen LogP contribution in [0.3, 0.4) is 0 Å². The number of hydrogen-bond donors (Lipinski definition) is 2. The minimum atomic E-state index is -0.972. The smallest absolute Gasteiger partial charge is 0.320 e. The third kappa shape index (κ3) is 4.77. The Balaban J connectivity index is 1.85. The van der Waals surface area contributed by atoms with Gasteiger partial charge in [0.25, 0.3) is 0 Å². The van der Waals surface area contributed by atoms with Gasteiger partial charge in [0.1, 0.15) is 12.3 Å². The second-order valence-electron chi connectivity index (χ2n) is 4.44. The number of hydrogen-bond acceptors (Lipinski definition) is 5. The first-order valence-electron chi connectivity index (χ1n) is 6.32. The van der Waals surface area contributed by atoms with E-state index in [9.17, 15) is 4.79 Å². The van der Waals surface area contributed by atoms with Crippen LogP contribution in [0.15, 0.2) is 34.9 Å². The maximum absolute atomic E-state index is 10.6. The Morgan fingerprint density at radius 3 is 3.05 bits per heavy atom. The fraction of sp³-hybridized carbons (Fsp3) is 0.286. The molecular formula is C14H15ClN2O3S. The lowest BCUT2D eigenvalue weighted by molar-refractivity contribution is -0.138. The van der Waals surface area contributed by atoms with Crippen molar-refractivity contribution in [3.05, 3.63) is 41.2 Å². The van der Waals surface area contributed by atoms with Crippen molar-refractivity contribution in [2.24, 2.45) is 5.73 Å². The van der Waals surface area contributed by atoms with Crippen molar-refractivity contribution >= 4 is 29.3 Å². The molecule has 1 aromatic heterocycles. The van der Waals surface area contributed by atoms with E-state index in [2.05, 4.69) is 4.98 Å². The van der Waals surface area contributed by atoms with Crippen molar-refractivity contribution in [3.8, 4) is 11.5 Å². The highest BCUT2D eigenvalue weighted by Gasteiger charge is 2.11. The molecule has 0 aliphatic rings. The zero-order valence-corrected chi connectivity index (χ0v) is 12.7. The number of carboxylic acids is 1. The molecule has 1 unspecified atom stereocenters. The Kier molecular flexibility index (Phi) is 5.67. The van der Waals surface area contributed by atoms with Crippen molar-refractivity contribution in [1.82, 2.24) is 4.98 Å². The van der Waals surface area contributed by atoms with Crippen LogP contribution in [0.25, 0.3) is 11.5 Å². The highest BCUT2D eigenvalue weighted by molar-refractivity contribution is 7.98. The minimum Gasteiger partial charge on any atom is -0.480 e. The van der Waals surface area contributed by atoms with E-state index in [1.165, 1.54) is 0 Å². The van der Waals surface area contributed by atoms with Crippen LogP contribution in [0.1, 0.15) is 12.1 Å². The largest absolute Gasteiger partial charge is 0.480 e. The number of rotatable bonds is 7. The standard InChI is InChI=1S/C14H15ClN2O3S/c15-10-3-1-2-9(6-10)13-17-11(7-20-13)8-21-5-4-12(16)14(18)19/h1-3,6-7,12H,4-5,8,16H2,(H,18,19). The van der Waals surface area contributed by atoms with Gasteiger partial charge in [0, 0.05) is 16.3 Å². The lowest BCUT2D eigenvalue weighted by atomic mass is 10.2. The van der Waals surface area contributed by atoms with Gasteiger partial charge in [-0.2, -0.15) is 11.8 Å². The van der Waals surface area contributed by atoms with E-state index in [1.807, 2.05) is 12.1 Å². The van der Waals surface area contributed by atoms with Gasteiger partial charge in [-0.3, -0.25) is 4.79 Å². The number of halogens is 1. The molecule has 0 saturated heterocycles. The van der Waals surface area contributed by atoms with Crippen molar-refractivity contribution in [3.63, 3.8) is 0 Å². The molecule has 2 aromatic rings. The van der Waals surface area contributed by atoms with Gasteiger partial charge < -0.3 is 15.3 Å². The molecule has 0 radical (unpaired) electrons. The molecule has 0 amide bonds. The van der Waals surface area contributed by atoms with E-state index < -0.39 is 12.0 Å². The zero-order valence-electron chi connectivity index (χ0n) is 11.2. The highest BCUT2D eigenvalue weighted by atomic mass is 35.5. The number of carboxylic acid groups (broad SMARTS) is 1. The summed E-state index contributed by atoms with van der Waals surface area (Å²) in [7, 11) is 0. The predicted molar refractivity (Wildman–Crippen MR) is 83.3 cm³/mol. The summed E-state index contributed by atoms with van der Waals surface area (Å²) in [5.41, 5.74) is 7.06. The maximum Gasteiger partial charge on any atom is 0.320 e. The molecule has 5 nitrogen and oxygen atoms in total. The van der Waals surface area contributed by atoms with Crippen molar-refractivity contribution in [2.75, 3.05) is 5.75 Å². The second kappa shape index (κ2) is 7.49. The number of oxazole rings is 1. The van der Waals surface area contributed by atoms with Gasteiger partial charge in [0.2, 0.25) is 5.89 Å². The first-order valence-corrected chi connectivity index (χ1v) is 7.86. The average molecular weight is 327 g/mol. The number of carbonyl (C=O) groups is 1. The van der Waals surface area contributed by atoms with Crippen LogP contribution >= 0.6 is 23.4 Å². The molecule has 2 rings (SSSR count). The fourth-order valence-corrected chi connectivity index (χ4v) is 2.73. The summed E-state index contributed by atoms with van der Waals surface area (Å²) in [6.07, 6.45) is 2.03. The Hall–Kier alpha value is -1.50. The van der Waals surface area contributed by atoms with Crippen LogP contribution in [0.4, 0.5) is 0 Å². The molecular weight excluding hydrogens is 312 g/mol. The molecule has 0 aliphatic carbocycles. The molecule has 3 N–H and O–H groups in total. The number of aliphatic carboxylic acids is 1. The van der Waals surface area contributed by atoms with Gasteiger partial charge in [0.15, 0.2) is 0 Å². The van der Waals surface area contributed by atoms with Gasteiger partial charge in [0.05, 0.1) is 5.69 Å². The molecule has 0 spiro atoms. The monoisotopic (exact) mass is 326 g/mol. The summed E-state index contributed by atoms with van der Waals surface area (Å²) < 4.78 is 5.42. The average Bonchev–Trinajstić information content (AvgIpc) is 2.92. The van der Waals surface area contributed by atoms with Crippen LogP contribution in [-0.2, 0) is 10.5 Å². The van der Waals surface area contributed by atoms with Gasteiger partial charge in [-0.15, -0.1) is 0 Å². The van der Waals surface area contributed by atoms with Crippen molar-refractivity contribution < 1.29 is 14.3 Å². The number of nitrogens with two attached hydrogens (primary N) is 1. The van der Waals surface area contributed by atoms with Crippen LogP contribution in [-0.4, -0.2) is 27.9 Å². The number of aromatic nitrogens is 1. The molecule has 21 heavy (non-hydrogen) atoms. The number of thioether (sulfide) groups is 1. The molecule has 0 bridgehead atoms. The van der Waals surface area contributed by atoms with Crippen LogP contribution in [0, 0.1) is 0 Å². The SMILES string of the molecule is NC(CCSCc1coc(-c2cccc(Cl)c2)n1)C(=O)O. The summed E-state index contributed by atoms with van der Waals surface area (Å²) in [5.74, 6) is 0.860. The molecule has 0 fully saturated rings. The number of benzene rings is 1. The number of nitrogens with zero attached hydrogens (tertiary/aromatic N) is 1. The molecule has 0 aliphatic heterocycles. The minimum absolute atomic E-state index is 0.430. The van der Waals surface area contributed by atoms with Crippen LogP contribution in [0.2, 0.25) is 5.02 Å². The van der Waals surface area contributed by atoms with Gasteiger partial charge >= 0.3 is 5.97 Å². The summed E-state index contributed by atoms with van der Waals surface area (Å²) in [6.45, 7) is 0. The first-order chi connectivity index (χ1) is 10.1. The Bertz CT molecular complexity index is 618. The van der Waals surface area contributed by atoms with E-state index in [1.54, 1.807) is 30.2 Å². The Morgan fingerprint density at radius 1 is 1.52 bits per heavy atom. The lowest BCUT2D eigenvalue weighted by Gasteiger charge is -2.04. The first kappa shape index (κ1) is 15.9. The van der Waals surface area contributed by atoms with Crippen molar-refractivity contribution in [1.29, 1.82) is 0 Å². The van der Waals surface area contributed by atoms with Gasteiger partial charge in [-0.25, -0.2) is 4.98 Å². The zero-order chi connectivity index (χ0) is 15.2. The van der Waals surface area contributed by atoms with E-state index in [0.29, 0.717) is 28.8 Å². The van der Waals surface area contributed by atoms with Crippen molar-refractivity contribution in [2.45, 2.75) is 18.2 Å². The van der Waals surface area contributed by atoms with Crippen LogP contribution in [0.5, 0.6) is 0 Å². The Morgan fingerprint density at radius 2 is 2.33 bits per heavy atom. The van der Waals surface area contributed by atoms with E-state index in [0.717, 1.165) is 11.3 Å². The topological polar surface area (TPSA) is 89.4 Å². The third-order valence-electron chi connectivity index (χ3n) is 2.76. The van der Waals surface area contributed by atoms with Crippen LogP contribution < -0.4 is 5.73 Å². The molecule has 1 atom stereocenters. The van der Waals surface area contributed by atoms with Gasteiger partial charge in [-0.05, 0) is 30.4 Å². The third-order valence-corrected chi connectivity index (χ3v) is 4.02. The summed E-state index contributed by atoms with van der Waals surface area (Å²) in [4.78, 5) is 15.0. The summed E-state index contributed by atoms with van der Waals surface area (Å²) >= 11 is 7.50. The second-order valence-corrected chi connectivity index (χ2v) is 5.98. The summed E-state index contributed by atoms with van der Waals surface area (Å²) in [6, 6.07) is 6.48. The van der Waals surface area contributed by atoms with E-state index in [4.69, 9.17) is 26.9 Å². The fourth-order valence-electron chi connectivity index (χ4n) is 1.64. The molecule has 1 aromatic carbocycles.